The Morgan fingerprint density at radius 3 is 2.15 bits per heavy atom. The van der Waals surface area contributed by atoms with E-state index in [1.54, 1.807) is 0 Å². The van der Waals surface area contributed by atoms with Crippen molar-refractivity contribution in [2.24, 2.45) is 23.7 Å². The lowest BCUT2D eigenvalue weighted by Crippen LogP contribution is -2.14. The van der Waals surface area contributed by atoms with E-state index in [9.17, 15) is 0 Å². The van der Waals surface area contributed by atoms with Crippen LogP contribution in [0.5, 0.6) is 0 Å². The Labute approximate surface area is 83.4 Å². The van der Waals surface area contributed by atoms with Crippen LogP contribution in [0.1, 0.15) is 47.0 Å². The molecule has 0 heteroatoms. The summed E-state index contributed by atoms with van der Waals surface area (Å²) in [6, 6.07) is 0. The van der Waals surface area contributed by atoms with Crippen molar-refractivity contribution >= 4 is 0 Å². The minimum absolute atomic E-state index is 0.830. The van der Waals surface area contributed by atoms with Crippen LogP contribution in [0.15, 0.2) is 12.2 Å². The van der Waals surface area contributed by atoms with Crippen molar-refractivity contribution < 1.29 is 0 Å². The third kappa shape index (κ3) is 3.54. The fourth-order valence-corrected chi connectivity index (χ4v) is 2.26. The van der Waals surface area contributed by atoms with E-state index < -0.39 is 0 Å². The maximum Gasteiger partial charge on any atom is -0.0210 e. The summed E-state index contributed by atoms with van der Waals surface area (Å²) in [6.07, 6.45) is 9.12. The minimum Gasteiger partial charge on any atom is -0.0851 e. The van der Waals surface area contributed by atoms with E-state index in [1.807, 2.05) is 0 Å². The van der Waals surface area contributed by atoms with E-state index in [0.717, 1.165) is 23.7 Å². The molecule has 1 rings (SSSR count). The molecule has 0 bridgehead atoms. The van der Waals surface area contributed by atoms with Gasteiger partial charge in [-0.3, -0.25) is 0 Å². The predicted molar refractivity (Wildman–Crippen MR) is 59.6 cm³/mol. The van der Waals surface area contributed by atoms with Crippen molar-refractivity contribution in [2.45, 2.75) is 47.0 Å². The van der Waals surface area contributed by atoms with Gasteiger partial charge < -0.3 is 0 Å². The van der Waals surface area contributed by atoms with E-state index in [-0.39, 0.29) is 0 Å². The molecule has 0 saturated carbocycles. The quantitative estimate of drug-likeness (QED) is 0.569. The number of allylic oxidation sites excluding steroid dienone is 2. The zero-order valence-electron chi connectivity index (χ0n) is 9.59. The Hall–Kier alpha value is -0.260. The van der Waals surface area contributed by atoms with Gasteiger partial charge in [-0.25, -0.2) is 0 Å². The average molecular weight is 180 g/mol. The van der Waals surface area contributed by atoms with Crippen LogP contribution in [0.25, 0.3) is 0 Å². The molecule has 0 heterocycles. The molecular formula is C13H24. The predicted octanol–water partition coefficient (Wildman–Crippen LogP) is 4.27. The fraction of sp³-hybridized carbons (Fsp3) is 0.846. The van der Waals surface area contributed by atoms with Gasteiger partial charge in [0.05, 0.1) is 0 Å². The van der Waals surface area contributed by atoms with Gasteiger partial charge in [0.2, 0.25) is 0 Å². The second-order valence-corrected chi connectivity index (χ2v) is 5.26. The van der Waals surface area contributed by atoms with E-state index in [2.05, 4.69) is 39.8 Å². The molecule has 1 aliphatic carbocycles. The third-order valence-electron chi connectivity index (χ3n) is 3.13. The molecule has 0 radical (unpaired) electrons. The topological polar surface area (TPSA) is 0 Å². The van der Waals surface area contributed by atoms with Gasteiger partial charge in [-0.2, -0.15) is 0 Å². The summed E-state index contributed by atoms with van der Waals surface area (Å²) < 4.78 is 0. The molecule has 0 fully saturated rings. The lowest BCUT2D eigenvalue weighted by atomic mass is 9.80. The van der Waals surface area contributed by atoms with E-state index in [4.69, 9.17) is 0 Å². The molecule has 0 N–H and O–H groups in total. The van der Waals surface area contributed by atoms with Crippen LogP contribution in [0, 0.1) is 23.7 Å². The normalized spacial score (nSPS) is 28.8. The van der Waals surface area contributed by atoms with Crippen LogP contribution in [-0.4, -0.2) is 0 Å². The zero-order valence-corrected chi connectivity index (χ0v) is 9.59. The highest BCUT2D eigenvalue weighted by atomic mass is 14.2. The first-order chi connectivity index (χ1) is 6.09. The van der Waals surface area contributed by atoms with Crippen LogP contribution >= 0.6 is 0 Å². The molecule has 76 valence electrons. The molecule has 0 aromatic heterocycles. The first-order valence-electron chi connectivity index (χ1n) is 5.78. The standard InChI is InChI=1S/C13H24/c1-10(2)9-12-5-7-13(8-6-12)11(3)4/h5,7,10-13H,6,8-9H2,1-4H3. The van der Waals surface area contributed by atoms with Gasteiger partial charge in [-0.1, -0.05) is 39.8 Å². The van der Waals surface area contributed by atoms with Crippen LogP contribution in [0.3, 0.4) is 0 Å². The number of hydrogen-bond acceptors (Lipinski definition) is 0. The SMILES string of the molecule is CC(C)CC1C=CC(C(C)C)CC1. The Morgan fingerprint density at radius 1 is 1.08 bits per heavy atom. The fourth-order valence-electron chi connectivity index (χ4n) is 2.26. The molecule has 0 saturated heterocycles. The van der Waals surface area contributed by atoms with E-state index in [0.29, 0.717) is 0 Å². The zero-order chi connectivity index (χ0) is 9.84. The Balaban J connectivity index is 2.38. The van der Waals surface area contributed by atoms with Crippen molar-refractivity contribution in [2.75, 3.05) is 0 Å². The highest BCUT2D eigenvalue weighted by molar-refractivity contribution is 4.99. The van der Waals surface area contributed by atoms with Crippen molar-refractivity contribution in [3.8, 4) is 0 Å². The van der Waals surface area contributed by atoms with Gasteiger partial charge >= 0.3 is 0 Å². The summed E-state index contributed by atoms with van der Waals surface area (Å²) in [5.41, 5.74) is 0. The molecule has 0 spiro atoms. The summed E-state index contributed by atoms with van der Waals surface area (Å²) in [6.45, 7) is 9.31. The van der Waals surface area contributed by atoms with Crippen LogP contribution in [0.2, 0.25) is 0 Å². The lowest BCUT2D eigenvalue weighted by Gasteiger charge is -2.26. The van der Waals surface area contributed by atoms with Crippen molar-refractivity contribution in [3.63, 3.8) is 0 Å². The number of rotatable bonds is 3. The first-order valence-corrected chi connectivity index (χ1v) is 5.78. The molecule has 0 amide bonds. The molecule has 1 aliphatic rings. The Morgan fingerprint density at radius 2 is 1.77 bits per heavy atom. The molecule has 2 unspecified atom stereocenters. The maximum absolute atomic E-state index is 2.47. The number of hydrogen-bond donors (Lipinski definition) is 0. The minimum atomic E-state index is 0.830. The maximum atomic E-state index is 2.47. The largest absolute Gasteiger partial charge is 0.0851 e. The average Bonchev–Trinajstić information content (AvgIpc) is 2.04. The van der Waals surface area contributed by atoms with E-state index in [1.165, 1.54) is 19.3 Å². The van der Waals surface area contributed by atoms with Gasteiger partial charge in [-0.05, 0) is 42.9 Å². The molecule has 0 nitrogen and oxygen atoms in total. The van der Waals surface area contributed by atoms with Gasteiger partial charge in [0.1, 0.15) is 0 Å². The Bertz CT molecular complexity index is 165. The molecule has 0 aliphatic heterocycles. The highest BCUT2D eigenvalue weighted by Crippen LogP contribution is 2.30. The first kappa shape index (κ1) is 10.8. The molecule has 2 atom stereocenters. The van der Waals surface area contributed by atoms with Gasteiger partial charge in [0.15, 0.2) is 0 Å². The monoisotopic (exact) mass is 180 g/mol. The summed E-state index contributed by atoms with van der Waals surface area (Å²) >= 11 is 0. The van der Waals surface area contributed by atoms with Crippen LogP contribution in [-0.2, 0) is 0 Å². The van der Waals surface area contributed by atoms with Gasteiger partial charge in [0.25, 0.3) is 0 Å². The summed E-state index contributed by atoms with van der Waals surface area (Å²) in [5, 5.41) is 0. The van der Waals surface area contributed by atoms with Gasteiger partial charge in [-0.15, -0.1) is 0 Å². The molecule has 0 aromatic carbocycles. The molecule has 0 aromatic rings. The third-order valence-corrected chi connectivity index (χ3v) is 3.13. The smallest absolute Gasteiger partial charge is 0.0210 e. The Kier molecular flexibility index (Phi) is 4.02. The summed E-state index contributed by atoms with van der Waals surface area (Å²) in [4.78, 5) is 0. The highest BCUT2D eigenvalue weighted by Gasteiger charge is 2.18. The van der Waals surface area contributed by atoms with Crippen molar-refractivity contribution in [1.29, 1.82) is 0 Å². The van der Waals surface area contributed by atoms with Crippen LogP contribution in [0.4, 0.5) is 0 Å². The summed E-state index contributed by atoms with van der Waals surface area (Å²) in [5.74, 6) is 3.40. The van der Waals surface area contributed by atoms with Crippen molar-refractivity contribution in [1.82, 2.24) is 0 Å². The van der Waals surface area contributed by atoms with Crippen molar-refractivity contribution in [3.05, 3.63) is 12.2 Å². The molecular weight excluding hydrogens is 156 g/mol. The summed E-state index contributed by atoms with van der Waals surface area (Å²) in [7, 11) is 0. The van der Waals surface area contributed by atoms with Crippen LogP contribution < -0.4 is 0 Å². The second kappa shape index (κ2) is 4.83. The van der Waals surface area contributed by atoms with E-state index >= 15 is 0 Å². The second-order valence-electron chi connectivity index (χ2n) is 5.26. The van der Waals surface area contributed by atoms with Gasteiger partial charge in [0, 0.05) is 0 Å². The molecule has 13 heavy (non-hydrogen) atoms. The lowest BCUT2D eigenvalue weighted by molar-refractivity contribution is 0.346.